The molecule has 2 N–H and O–H groups in total. The second-order valence-corrected chi connectivity index (χ2v) is 6.88. The Morgan fingerprint density at radius 2 is 2.00 bits per heavy atom. The molecule has 108 valence electrons. The van der Waals surface area contributed by atoms with E-state index in [0.717, 1.165) is 16.7 Å². The van der Waals surface area contributed by atoms with Gasteiger partial charge in [-0.05, 0) is 45.4 Å². The molecule has 1 aromatic carbocycles. The number of rotatable bonds is 5. The van der Waals surface area contributed by atoms with Crippen LogP contribution in [0.1, 0.15) is 33.3 Å². The molecule has 19 heavy (non-hydrogen) atoms. The number of likely N-dealkylation sites (N-methyl/N-ethyl adjacent to an activating group) is 1. The fourth-order valence-corrected chi connectivity index (χ4v) is 2.14. The molecule has 0 aliphatic heterocycles. The summed E-state index contributed by atoms with van der Waals surface area (Å²) < 4.78 is 1.10. The normalized spacial score (nSPS) is 13.4. The van der Waals surface area contributed by atoms with Gasteiger partial charge >= 0.3 is 0 Å². The smallest absolute Gasteiger partial charge is 0.0632 e. The first-order chi connectivity index (χ1) is 8.74. The Morgan fingerprint density at radius 1 is 1.37 bits per heavy atom. The highest BCUT2D eigenvalue weighted by Crippen LogP contribution is 2.25. The minimum absolute atomic E-state index is 0.111. The van der Waals surface area contributed by atoms with Crippen molar-refractivity contribution in [2.24, 2.45) is 0 Å². The second-order valence-electron chi connectivity index (χ2n) is 6.02. The molecule has 0 aliphatic carbocycles. The maximum atomic E-state index is 9.20. The summed E-state index contributed by atoms with van der Waals surface area (Å²) in [6.07, 6.45) is 0. The molecule has 0 saturated heterocycles. The second kappa shape index (κ2) is 6.73. The Bertz CT molecular complexity index is 415. The van der Waals surface area contributed by atoms with Crippen LogP contribution in [0.2, 0.25) is 0 Å². The van der Waals surface area contributed by atoms with Gasteiger partial charge in [0.2, 0.25) is 0 Å². The van der Waals surface area contributed by atoms with E-state index in [1.165, 1.54) is 5.56 Å². The van der Waals surface area contributed by atoms with Crippen LogP contribution < -0.4 is 10.2 Å². The summed E-state index contributed by atoms with van der Waals surface area (Å²) >= 11 is 3.63. The quantitative estimate of drug-likeness (QED) is 0.871. The van der Waals surface area contributed by atoms with E-state index >= 15 is 0 Å². The zero-order valence-corrected chi connectivity index (χ0v) is 14.1. The first kappa shape index (κ1) is 16.5. The summed E-state index contributed by atoms with van der Waals surface area (Å²) in [4.78, 5) is 2.08. The molecule has 0 fully saturated rings. The first-order valence-electron chi connectivity index (χ1n) is 6.61. The van der Waals surface area contributed by atoms with Gasteiger partial charge in [0.15, 0.2) is 0 Å². The maximum absolute atomic E-state index is 9.20. The number of aliphatic hydroxyl groups is 1. The molecule has 0 radical (unpaired) electrons. The Morgan fingerprint density at radius 3 is 2.47 bits per heavy atom. The summed E-state index contributed by atoms with van der Waals surface area (Å²) in [5, 5.41) is 12.7. The number of hydrogen-bond acceptors (Lipinski definition) is 3. The lowest BCUT2D eigenvalue weighted by molar-refractivity contribution is 0.270. The summed E-state index contributed by atoms with van der Waals surface area (Å²) in [5.41, 5.74) is 2.46. The number of benzene rings is 1. The number of nitrogens with zero attached hydrogens (tertiary/aromatic N) is 1. The molecule has 0 bridgehead atoms. The largest absolute Gasteiger partial charge is 0.394 e. The van der Waals surface area contributed by atoms with Gasteiger partial charge < -0.3 is 15.3 Å². The topological polar surface area (TPSA) is 35.5 Å². The van der Waals surface area contributed by atoms with Crippen molar-refractivity contribution >= 4 is 21.6 Å². The van der Waals surface area contributed by atoms with Crippen LogP contribution in [0.3, 0.4) is 0 Å². The van der Waals surface area contributed by atoms with Crippen LogP contribution in [0.25, 0.3) is 0 Å². The van der Waals surface area contributed by atoms with Crippen LogP contribution in [0.4, 0.5) is 5.69 Å². The van der Waals surface area contributed by atoms with Crippen molar-refractivity contribution in [2.75, 3.05) is 18.6 Å². The van der Waals surface area contributed by atoms with E-state index in [1.54, 1.807) is 0 Å². The Hall–Kier alpha value is -0.580. The number of hydrogen-bond donors (Lipinski definition) is 2. The van der Waals surface area contributed by atoms with Gasteiger partial charge in [-0.1, -0.05) is 22.0 Å². The molecule has 0 amide bonds. The van der Waals surface area contributed by atoms with Crippen molar-refractivity contribution in [3.05, 3.63) is 28.2 Å². The summed E-state index contributed by atoms with van der Waals surface area (Å²) in [5.74, 6) is 0. The molecular weight excluding hydrogens is 304 g/mol. The minimum atomic E-state index is 0.111. The molecule has 1 aromatic rings. The highest BCUT2D eigenvalue weighted by Gasteiger charge is 2.12. The molecule has 1 unspecified atom stereocenters. The lowest BCUT2D eigenvalue weighted by Gasteiger charge is -2.26. The fraction of sp³-hybridized carbons (Fsp3) is 0.600. The summed E-state index contributed by atoms with van der Waals surface area (Å²) in [6, 6.07) is 6.44. The number of aliphatic hydroxyl groups excluding tert-OH is 1. The third-order valence-corrected chi connectivity index (χ3v) is 3.92. The van der Waals surface area contributed by atoms with Gasteiger partial charge in [-0.25, -0.2) is 0 Å². The molecule has 0 aromatic heterocycles. The molecule has 0 heterocycles. The maximum Gasteiger partial charge on any atom is 0.0632 e. The number of anilines is 1. The van der Waals surface area contributed by atoms with Crippen LogP contribution >= 0.6 is 15.9 Å². The van der Waals surface area contributed by atoms with E-state index in [-0.39, 0.29) is 18.2 Å². The average molecular weight is 329 g/mol. The van der Waals surface area contributed by atoms with E-state index in [1.807, 2.05) is 14.0 Å². The third-order valence-electron chi connectivity index (χ3n) is 3.18. The van der Waals surface area contributed by atoms with Gasteiger partial charge in [-0.2, -0.15) is 0 Å². The van der Waals surface area contributed by atoms with Crippen molar-refractivity contribution in [3.8, 4) is 0 Å². The number of nitrogens with one attached hydrogen (secondary N) is 1. The van der Waals surface area contributed by atoms with E-state index in [9.17, 15) is 5.11 Å². The Balaban J connectivity index is 2.80. The van der Waals surface area contributed by atoms with Crippen LogP contribution in [0, 0.1) is 0 Å². The van der Waals surface area contributed by atoms with Crippen LogP contribution in [0.15, 0.2) is 22.7 Å². The Kier molecular flexibility index (Phi) is 5.83. The van der Waals surface area contributed by atoms with Crippen molar-refractivity contribution in [1.29, 1.82) is 0 Å². The van der Waals surface area contributed by atoms with Crippen molar-refractivity contribution < 1.29 is 5.11 Å². The predicted octanol–water partition coefficient (Wildman–Crippen LogP) is 3.15. The van der Waals surface area contributed by atoms with Crippen LogP contribution in [0.5, 0.6) is 0 Å². The van der Waals surface area contributed by atoms with Gasteiger partial charge in [0.25, 0.3) is 0 Å². The van der Waals surface area contributed by atoms with Crippen LogP contribution in [-0.4, -0.2) is 30.3 Å². The summed E-state index contributed by atoms with van der Waals surface area (Å²) in [7, 11) is 2.00. The van der Waals surface area contributed by atoms with E-state index < -0.39 is 0 Å². The average Bonchev–Trinajstić information content (AvgIpc) is 2.34. The molecule has 4 heteroatoms. The fourth-order valence-electron chi connectivity index (χ4n) is 1.64. The standard InChI is InChI=1S/C15H25BrN2O/c1-11(10-19)18(5)13-7-6-12(14(16)8-13)9-17-15(2,3)4/h6-8,11,17,19H,9-10H2,1-5H3. The molecule has 3 nitrogen and oxygen atoms in total. The van der Waals surface area contributed by atoms with Crippen LogP contribution in [-0.2, 0) is 6.54 Å². The van der Waals surface area contributed by atoms with E-state index in [4.69, 9.17) is 0 Å². The Labute approximate surface area is 125 Å². The lowest BCUT2D eigenvalue weighted by Crippen LogP contribution is -2.35. The first-order valence-corrected chi connectivity index (χ1v) is 7.41. The van der Waals surface area contributed by atoms with Crippen molar-refractivity contribution in [3.63, 3.8) is 0 Å². The van der Waals surface area contributed by atoms with Gasteiger partial charge in [0.05, 0.1) is 6.61 Å². The molecule has 0 spiro atoms. The molecular formula is C15H25BrN2O. The zero-order chi connectivity index (χ0) is 14.6. The van der Waals surface area contributed by atoms with Crippen molar-refractivity contribution in [1.82, 2.24) is 5.32 Å². The van der Waals surface area contributed by atoms with Gasteiger partial charge in [-0.15, -0.1) is 0 Å². The molecule has 0 saturated carbocycles. The van der Waals surface area contributed by atoms with E-state index in [2.05, 4.69) is 65.1 Å². The molecule has 1 rings (SSSR count). The van der Waals surface area contributed by atoms with Gasteiger partial charge in [-0.3, -0.25) is 0 Å². The minimum Gasteiger partial charge on any atom is -0.394 e. The monoisotopic (exact) mass is 328 g/mol. The predicted molar refractivity (Wildman–Crippen MR) is 85.7 cm³/mol. The third kappa shape index (κ3) is 5.13. The van der Waals surface area contributed by atoms with Crippen molar-refractivity contribution in [2.45, 2.75) is 45.8 Å². The summed E-state index contributed by atoms with van der Waals surface area (Å²) in [6.45, 7) is 9.47. The van der Waals surface area contributed by atoms with Gasteiger partial charge in [0.1, 0.15) is 0 Å². The molecule has 0 aliphatic rings. The van der Waals surface area contributed by atoms with Gasteiger partial charge in [0, 0.05) is 35.3 Å². The highest BCUT2D eigenvalue weighted by molar-refractivity contribution is 9.10. The van der Waals surface area contributed by atoms with E-state index in [0.29, 0.717) is 0 Å². The molecule has 1 atom stereocenters. The lowest BCUT2D eigenvalue weighted by atomic mass is 10.1. The highest BCUT2D eigenvalue weighted by atomic mass is 79.9. The zero-order valence-electron chi connectivity index (χ0n) is 12.5. The SMILES string of the molecule is CC(CO)N(C)c1ccc(CNC(C)(C)C)c(Br)c1. The number of halogens is 1.